The molecule has 0 spiro atoms. The van der Waals surface area contributed by atoms with Crippen molar-refractivity contribution in [3.63, 3.8) is 0 Å². The molecular formula is C7H12N4S. The SMILES string of the molecule is CCCc1csc(N=C(N)N)n1. The fourth-order valence-electron chi connectivity index (χ4n) is 0.829. The van der Waals surface area contributed by atoms with Crippen LogP contribution >= 0.6 is 11.3 Å². The van der Waals surface area contributed by atoms with Crippen LogP contribution < -0.4 is 11.5 Å². The summed E-state index contributed by atoms with van der Waals surface area (Å²) in [6.45, 7) is 2.11. The lowest BCUT2D eigenvalue weighted by atomic mass is 10.3. The molecule has 0 amide bonds. The molecule has 0 radical (unpaired) electrons. The smallest absolute Gasteiger partial charge is 0.212 e. The summed E-state index contributed by atoms with van der Waals surface area (Å²) < 4.78 is 0. The summed E-state index contributed by atoms with van der Waals surface area (Å²) >= 11 is 1.46. The van der Waals surface area contributed by atoms with Gasteiger partial charge in [0.05, 0.1) is 5.69 Å². The van der Waals surface area contributed by atoms with Crippen molar-refractivity contribution in [3.8, 4) is 0 Å². The van der Waals surface area contributed by atoms with Crippen LogP contribution in [-0.4, -0.2) is 10.9 Å². The minimum absolute atomic E-state index is 0.0624. The number of aromatic nitrogens is 1. The molecule has 5 heteroatoms. The molecule has 1 aromatic heterocycles. The summed E-state index contributed by atoms with van der Waals surface area (Å²) in [5.74, 6) is 0.0624. The van der Waals surface area contributed by atoms with Gasteiger partial charge in [0.1, 0.15) is 0 Å². The molecule has 12 heavy (non-hydrogen) atoms. The Morgan fingerprint density at radius 1 is 1.67 bits per heavy atom. The van der Waals surface area contributed by atoms with Crippen molar-refractivity contribution >= 4 is 22.4 Å². The summed E-state index contributed by atoms with van der Waals surface area (Å²) in [6.07, 6.45) is 2.07. The van der Waals surface area contributed by atoms with Crippen molar-refractivity contribution in [2.24, 2.45) is 16.5 Å². The van der Waals surface area contributed by atoms with Crippen molar-refractivity contribution < 1.29 is 0 Å². The number of thiazole rings is 1. The van der Waals surface area contributed by atoms with Crippen LogP contribution in [0.1, 0.15) is 19.0 Å². The van der Waals surface area contributed by atoms with Crippen LogP contribution in [0, 0.1) is 0 Å². The van der Waals surface area contributed by atoms with E-state index in [2.05, 4.69) is 16.9 Å². The van der Waals surface area contributed by atoms with Crippen LogP contribution in [0.4, 0.5) is 5.13 Å². The highest BCUT2D eigenvalue weighted by Gasteiger charge is 1.98. The van der Waals surface area contributed by atoms with Gasteiger partial charge >= 0.3 is 0 Å². The van der Waals surface area contributed by atoms with E-state index in [1.54, 1.807) is 0 Å². The Morgan fingerprint density at radius 3 is 3.00 bits per heavy atom. The van der Waals surface area contributed by atoms with Gasteiger partial charge < -0.3 is 11.5 Å². The van der Waals surface area contributed by atoms with Gasteiger partial charge in [-0.15, -0.1) is 11.3 Å². The lowest BCUT2D eigenvalue weighted by Crippen LogP contribution is -2.21. The van der Waals surface area contributed by atoms with Gasteiger partial charge in [-0.25, -0.2) is 4.98 Å². The lowest BCUT2D eigenvalue weighted by Gasteiger charge is -1.88. The van der Waals surface area contributed by atoms with Crippen molar-refractivity contribution in [1.82, 2.24) is 4.98 Å². The average Bonchev–Trinajstić information content (AvgIpc) is 2.36. The summed E-state index contributed by atoms with van der Waals surface area (Å²) in [4.78, 5) is 8.05. The zero-order valence-corrected chi connectivity index (χ0v) is 7.77. The molecule has 0 aliphatic carbocycles. The third-order valence-electron chi connectivity index (χ3n) is 1.27. The van der Waals surface area contributed by atoms with Gasteiger partial charge in [0.2, 0.25) is 5.13 Å². The molecule has 0 aromatic carbocycles. The summed E-state index contributed by atoms with van der Waals surface area (Å²) in [5.41, 5.74) is 11.5. The third-order valence-corrected chi connectivity index (χ3v) is 2.05. The summed E-state index contributed by atoms with van der Waals surface area (Å²) in [5, 5.41) is 2.61. The minimum atomic E-state index is 0.0624. The number of guanidine groups is 1. The van der Waals surface area contributed by atoms with Crippen LogP contribution in [0.5, 0.6) is 0 Å². The first-order valence-electron chi connectivity index (χ1n) is 3.76. The normalized spacial score (nSPS) is 9.75. The lowest BCUT2D eigenvalue weighted by molar-refractivity contribution is 0.892. The fourth-order valence-corrected chi connectivity index (χ4v) is 1.57. The Labute approximate surface area is 75.3 Å². The first kappa shape index (κ1) is 8.99. The standard InChI is InChI=1S/C7H12N4S/c1-2-3-5-4-12-7(10-5)11-6(8)9/h4H,2-3H2,1H3,(H4,8,9,10,11). The van der Waals surface area contributed by atoms with E-state index in [1.807, 2.05) is 5.38 Å². The summed E-state index contributed by atoms with van der Waals surface area (Å²) in [7, 11) is 0. The van der Waals surface area contributed by atoms with Gasteiger partial charge in [0, 0.05) is 5.38 Å². The van der Waals surface area contributed by atoms with E-state index < -0.39 is 0 Å². The highest BCUT2D eigenvalue weighted by Crippen LogP contribution is 2.18. The van der Waals surface area contributed by atoms with Crippen LogP contribution in [0.15, 0.2) is 10.4 Å². The Hall–Kier alpha value is -1.10. The maximum absolute atomic E-state index is 5.20. The van der Waals surface area contributed by atoms with E-state index in [0.717, 1.165) is 18.5 Å². The second kappa shape index (κ2) is 4.06. The Kier molecular flexibility index (Phi) is 3.04. The van der Waals surface area contributed by atoms with Crippen LogP contribution in [0.25, 0.3) is 0 Å². The molecule has 1 rings (SSSR count). The van der Waals surface area contributed by atoms with Crippen molar-refractivity contribution in [1.29, 1.82) is 0 Å². The Morgan fingerprint density at radius 2 is 2.42 bits per heavy atom. The molecule has 0 fully saturated rings. The Bertz CT molecular complexity index is 275. The van der Waals surface area contributed by atoms with Crippen LogP contribution in [0.2, 0.25) is 0 Å². The average molecular weight is 184 g/mol. The first-order chi connectivity index (χ1) is 5.72. The summed E-state index contributed by atoms with van der Waals surface area (Å²) in [6, 6.07) is 0. The molecule has 0 aliphatic rings. The van der Waals surface area contributed by atoms with E-state index in [4.69, 9.17) is 11.5 Å². The highest BCUT2D eigenvalue weighted by molar-refractivity contribution is 7.13. The maximum Gasteiger partial charge on any atom is 0.212 e. The fraction of sp³-hybridized carbons (Fsp3) is 0.429. The van der Waals surface area contributed by atoms with Gasteiger partial charge in [0.25, 0.3) is 0 Å². The number of nitrogens with zero attached hydrogens (tertiary/aromatic N) is 2. The van der Waals surface area contributed by atoms with Gasteiger partial charge in [-0.1, -0.05) is 13.3 Å². The number of hydrogen-bond donors (Lipinski definition) is 2. The van der Waals surface area contributed by atoms with Gasteiger partial charge in [-0.05, 0) is 6.42 Å². The first-order valence-corrected chi connectivity index (χ1v) is 4.64. The number of rotatable bonds is 3. The molecule has 0 aliphatic heterocycles. The van der Waals surface area contributed by atoms with E-state index in [-0.39, 0.29) is 5.96 Å². The molecule has 0 saturated carbocycles. The monoisotopic (exact) mass is 184 g/mol. The van der Waals surface area contributed by atoms with E-state index in [1.165, 1.54) is 11.3 Å². The molecule has 1 heterocycles. The number of hydrogen-bond acceptors (Lipinski definition) is 3. The van der Waals surface area contributed by atoms with E-state index in [0.29, 0.717) is 5.13 Å². The predicted molar refractivity (Wildman–Crippen MR) is 51.6 cm³/mol. The van der Waals surface area contributed by atoms with Crippen molar-refractivity contribution in [2.75, 3.05) is 0 Å². The van der Waals surface area contributed by atoms with Gasteiger partial charge in [-0.3, -0.25) is 0 Å². The molecule has 4 N–H and O–H groups in total. The molecule has 0 unspecified atom stereocenters. The van der Waals surface area contributed by atoms with Crippen LogP contribution in [0.3, 0.4) is 0 Å². The number of aryl methyl sites for hydroxylation is 1. The largest absolute Gasteiger partial charge is 0.370 e. The molecule has 0 saturated heterocycles. The predicted octanol–water partition coefficient (Wildman–Crippen LogP) is 1.00. The van der Waals surface area contributed by atoms with Crippen molar-refractivity contribution in [2.45, 2.75) is 19.8 Å². The quantitative estimate of drug-likeness (QED) is 0.543. The van der Waals surface area contributed by atoms with Crippen molar-refractivity contribution in [3.05, 3.63) is 11.1 Å². The minimum Gasteiger partial charge on any atom is -0.370 e. The number of aliphatic imine (C=N–C) groups is 1. The zero-order valence-electron chi connectivity index (χ0n) is 6.95. The molecule has 0 atom stereocenters. The van der Waals surface area contributed by atoms with Gasteiger partial charge in [-0.2, -0.15) is 4.99 Å². The molecule has 66 valence electrons. The van der Waals surface area contributed by atoms with E-state index in [9.17, 15) is 0 Å². The topological polar surface area (TPSA) is 77.3 Å². The second-order valence-corrected chi connectivity index (χ2v) is 3.24. The molecule has 4 nitrogen and oxygen atoms in total. The van der Waals surface area contributed by atoms with Crippen LogP contribution in [-0.2, 0) is 6.42 Å². The highest BCUT2D eigenvalue weighted by atomic mass is 32.1. The van der Waals surface area contributed by atoms with Gasteiger partial charge in [0.15, 0.2) is 5.96 Å². The molecule has 1 aromatic rings. The molecular weight excluding hydrogens is 172 g/mol. The zero-order chi connectivity index (χ0) is 8.97. The second-order valence-electron chi connectivity index (χ2n) is 2.41. The van der Waals surface area contributed by atoms with E-state index >= 15 is 0 Å². The number of nitrogens with two attached hydrogens (primary N) is 2. The molecule has 0 bridgehead atoms. The maximum atomic E-state index is 5.20. The third kappa shape index (κ3) is 2.50. The Balaban J connectivity index is 2.71.